The van der Waals surface area contributed by atoms with Crippen LogP contribution >= 0.6 is 0 Å². The molecule has 2 aromatic rings. The van der Waals surface area contributed by atoms with Crippen LogP contribution in [0.3, 0.4) is 0 Å². The molecule has 12 heteroatoms. The standard InChI is InChI=1S/C24H32FN5O6/c1-15(2)35-24(33)30-9-6-17(7-10-30)36-23-21(34-3)22(27-14-28-23)29-19-5-4-16(12-18(19)25)13-20(32)26-8-11-31/h4-5,12,14-15,17,31H,6-11,13H2,1-3H3,(H,26,32)(H,27,28,29). The molecule has 196 valence electrons. The molecule has 3 N–H and O–H groups in total. The van der Waals surface area contributed by atoms with Crippen LogP contribution in [0.15, 0.2) is 24.5 Å². The van der Waals surface area contributed by atoms with Crippen LogP contribution in [0.5, 0.6) is 11.6 Å². The first-order valence-corrected chi connectivity index (χ1v) is 11.7. The molecule has 0 radical (unpaired) electrons. The lowest BCUT2D eigenvalue weighted by Crippen LogP contribution is -2.42. The lowest BCUT2D eigenvalue weighted by molar-refractivity contribution is -0.120. The zero-order valence-corrected chi connectivity index (χ0v) is 20.6. The van der Waals surface area contributed by atoms with Crippen LogP contribution in [0.1, 0.15) is 32.3 Å². The number of halogens is 1. The first-order chi connectivity index (χ1) is 17.3. The second kappa shape index (κ2) is 12.9. The molecule has 0 spiro atoms. The molecular formula is C24H32FN5O6. The third-order valence-electron chi connectivity index (χ3n) is 5.38. The number of piperidine rings is 1. The number of carbonyl (C=O) groups is 2. The van der Waals surface area contributed by atoms with Gasteiger partial charge in [0.05, 0.1) is 31.9 Å². The zero-order valence-electron chi connectivity index (χ0n) is 20.6. The number of nitrogens with one attached hydrogen (secondary N) is 2. The van der Waals surface area contributed by atoms with E-state index in [4.69, 9.17) is 19.3 Å². The number of aromatic nitrogens is 2. The third-order valence-corrected chi connectivity index (χ3v) is 5.38. The van der Waals surface area contributed by atoms with E-state index in [9.17, 15) is 14.0 Å². The van der Waals surface area contributed by atoms with Crippen LogP contribution in [-0.4, -0.2) is 77.5 Å². The molecule has 1 aliphatic rings. The molecule has 2 heterocycles. The lowest BCUT2D eigenvalue weighted by Gasteiger charge is -2.31. The smallest absolute Gasteiger partial charge is 0.410 e. The number of benzene rings is 1. The van der Waals surface area contributed by atoms with Gasteiger partial charge >= 0.3 is 6.09 Å². The molecule has 0 saturated carbocycles. The van der Waals surface area contributed by atoms with Crippen molar-refractivity contribution in [1.82, 2.24) is 20.2 Å². The Morgan fingerprint density at radius 1 is 1.25 bits per heavy atom. The minimum atomic E-state index is -0.578. The molecule has 1 aromatic carbocycles. The quantitative estimate of drug-likeness (QED) is 0.445. The lowest BCUT2D eigenvalue weighted by atomic mass is 10.1. The van der Waals surface area contributed by atoms with Crippen molar-refractivity contribution in [2.24, 2.45) is 0 Å². The Hall–Kier alpha value is -3.67. The fraction of sp³-hybridized carbons (Fsp3) is 0.500. The molecule has 3 rings (SSSR count). The second-order valence-electron chi connectivity index (χ2n) is 8.49. The molecule has 2 amide bonds. The van der Waals surface area contributed by atoms with E-state index in [1.807, 2.05) is 0 Å². The Labute approximate surface area is 209 Å². The Bertz CT molecular complexity index is 1050. The van der Waals surface area contributed by atoms with Crippen molar-refractivity contribution in [2.45, 2.75) is 45.3 Å². The number of aliphatic hydroxyl groups is 1. The fourth-order valence-electron chi connectivity index (χ4n) is 3.65. The minimum Gasteiger partial charge on any atom is -0.489 e. The summed E-state index contributed by atoms with van der Waals surface area (Å²) in [6.45, 7) is 4.57. The van der Waals surface area contributed by atoms with Gasteiger partial charge in [-0.2, -0.15) is 4.98 Å². The van der Waals surface area contributed by atoms with Gasteiger partial charge in [-0.15, -0.1) is 0 Å². The topological polar surface area (TPSA) is 135 Å². The summed E-state index contributed by atoms with van der Waals surface area (Å²) < 4.78 is 31.5. The van der Waals surface area contributed by atoms with Crippen molar-refractivity contribution < 1.29 is 33.3 Å². The molecule has 1 aliphatic heterocycles. The molecule has 1 fully saturated rings. The van der Waals surface area contributed by atoms with Crippen molar-refractivity contribution in [3.05, 3.63) is 35.9 Å². The van der Waals surface area contributed by atoms with Crippen LogP contribution in [0, 0.1) is 5.82 Å². The summed E-state index contributed by atoms with van der Waals surface area (Å²) in [4.78, 5) is 33.9. The number of likely N-dealkylation sites (tertiary alicyclic amines) is 1. The highest BCUT2D eigenvalue weighted by Gasteiger charge is 2.27. The van der Waals surface area contributed by atoms with E-state index < -0.39 is 5.82 Å². The van der Waals surface area contributed by atoms with Crippen molar-refractivity contribution in [1.29, 1.82) is 0 Å². The monoisotopic (exact) mass is 505 g/mol. The van der Waals surface area contributed by atoms with Gasteiger partial charge in [-0.1, -0.05) is 6.07 Å². The summed E-state index contributed by atoms with van der Waals surface area (Å²) >= 11 is 0. The second-order valence-corrected chi connectivity index (χ2v) is 8.49. The number of nitrogens with zero attached hydrogens (tertiary/aromatic N) is 3. The van der Waals surface area contributed by atoms with Crippen LogP contribution in [0.25, 0.3) is 0 Å². The van der Waals surface area contributed by atoms with Crippen LogP contribution in [0.4, 0.5) is 20.7 Å². The summed E-state index contributed by atoms with van der Waals surface area (Å²) in [5.41, 5.74) is 0.616. The number of methoxy groups -OCH3 is 1. The molecule has 0 unspecified atom stereocenters. The van der Waals surface area contributed by atoms with Gasteiger partial charge in [0.1, 0.15) is 18.2 Å². The molecule has 1 aromatic heterocycles. The summed E-state index contributed by atoms with van der Waals surface area (Å²) in [6, 6.07) is 4.37. The van der Waals surface area contributed by atoms with Gasteiger partial charge in [0.25, 0.3) is 5.88 Å². The van der Waals surface area contributed by atoms with Gasteiger partial charge in [0.15, 0.2) is 5.82 Å². The first kappa shape index (κ1) is 26.9. The summed E-state index contributed by atoms with van der Waals surface area (Å²) in [5.74, 6) is -0.258. The predicted octanol–water partition coefficient (Wildman–Crippen LogP) is 2.41. The zero-order chi connectivity index (χ0) is 26.1. The van der Waals surface area contributed by atoms with Crippen LogP contribution < -0.4 is 20.1 Å². The van der Waals surface area contributed by atoms with E-state index in [0.717, 1.165) is 0 Å². The van der Waals surface area contributed by atoms with Gasteiger partial charge < -0.3 is 34.9 Å². The van der Waals surface area contributed by atoms with E-state index in [-0.39, 0.29) is 66.9 Å². The van der Waals surface area contributed by atoms with Gasteiger partial charge in [0.2, 0.25) is 11.7 Å². The highest BCUT2D eigenvalue weighted by atomic mass is 19.1. The summed E-state index contributed by atoms with van der Waals surface area (Å²) in [7, 11) is 1.44. The number of rotatable bonds is 10. The van der Waals surface area contributed by atoms with E-state index in [0.29, 0.717) is 31.5 Å². The number of hydrogen-bond donors (Lipinski definition) is 3. The molecule has 0 aliphatic carbocycles. The van der Waals surface area contributed by atoms with Gasteiger partial charge in [-0.25, -0.2) is 14.2 Å². The number of anilines is 2. The van der Waals surface area contributed by atoms with Crippen molar-refractivity contribution >= 4 is 23.5 Å². The summed E-state index contributed by atoms with van der Waals surface area (Å²) in [5, 5.41) is 14.2. The van der Waals surface area contributed by atoms with Gasteiger partial charge in [-0.05, 0) is 31.5 Å². The molecule has 36 heavy (non-hydrogen) atoms. The number of aliphatic hydroxyl groups excluding tert-OH is 1. The molecule has 0 bridgehead atoms. The maximum Gasteiger partial charge on any atom is 0.410 e. The van der Waals surface area contributed by atoms with Gasteiger partial charge in [-0.3, -0.25) is 4.79 Å². The van der Waals surface area contributed by atoms with E-state index in [2.05, 4.69) is 20.6 Å². The number of amides is 2. The average molecular weight is 506 g/mol. The SMILES string of the molecule is COc1c(Nc2ccc(CC(=O)NCCO)cc2F)ncnc1OC1CCN(C(=O)OC(C)C)CC1. The Kier molecular flexibility index (Phi) is 9.62. The summed E-state index contributed by atoms with van der Waals surface area (Å²) in [6.07, 6.45) is 1.73. The first-order valence-electron chi connectivity index (χ1n) is 11.7. The largest absolute Gasteiger partial charge is 0.489 e. The van der Waals surface area contributed by atoms with Crippen molar-refractivity contribution in [2.75, 3.05) is 38.7 Å². The van der Waals surface area contributed by atoms with Crippen molar-refractivity contribution in [3.63, 3.8) is 0 Å². The number of hydrogen-bond acceptors (Lipinski definition) is 9. The third kappa shape index (κ3) is 7.41. The Balaban J connectivity index is 1.64. The molecule has 11 nitrogen and oxygen atoms in total. The number of ether oxygens (including phenoxy) is 3. The predicted molar refractivity (Wildman–Crippen MR) is 129 cm³/mol. The molecule has 1 saturated heterocycles. The molecular weight excluding hydrogens is 473 g/mol. The normalized spacial score (nSPS) is 13.9. The molecule has 0 atom stereocenters. The number of carbonyl (C=O) groups excluding carboxylic acids is 2. The fourth-order valence-corrected chi connectivity index (χ4v) is 3.65. The maximum absolute atomic E-state index is 14.7. The Morgan fingerprint density at radius 2 is 2.00 bits per heavy atom. The maximum atomic E-state index is 14.7. The highest BCUT2D eigenvalue weighted by molar-refractivity contribution is 5.78. The van der Waals surface area contributed by atoms with E-state index >= 15 is 0 Å². The van der Waals surface area contributed by atoms with Gasteiger partial charge in [0, 0.05) is 32.5 Å². The Morgan fingerprint density at radius 3 is 2.64 bits per heavy atom. The van der Waals surface area contributed by atoms with E-state index in [1.54, 1.807) is 24.8 Å². The van der Waals surface area contributed by atoms with Crippen LogP contribution in [0.2, 0.25) is 0 Å². The van der Waals surface area contributed by atoms with Crippen LogP contribution in [-0.2, 0) is 16.0 Å². The highest BCUT2D eigenvalue weighted by Crippen LogP contribution is 2.35. The van der Waals surface area contributed by atoms with Crippen molar-refractivity contribution in [3.8, 4) is 11.6 Å². The average Bonchev–Trinajstić information content (AvgIpc) is 2.84. The van der Waals surface area contributed by atoms with E-state index in [1.165, 1.54) is 25.6 Å². The minimum absolute atomic E-state index is 0.0139.